The fourth-order valence-electron chi connectivity index (χ4n) is 1.20. The van der Waals surface area contributed by atoms with Gasteiger partial charge in [0.25, 0.3) is 0 Å². The second kappa shape index (κ2) is 6.36. The lowest BCUT2D eigenvalue weighted by atomic mass is 9.97. The highest BCUT2D eigenvalue weighted by molar-refractivity contribution is 7.93. The van der Waals surface area contributed by atoms with Crippen LogP contribution in [-0.2, 0) is 19.9 Å². The van der Waals surface area contributed by atoms with Gasteiger partial charge in [0.15, 0.2) is 0 Å². The minimum Gasteiger partial charge on any atom is -0.229 e. The fourth-order valence-corrected chi connectivity index (χ4v) is 4.80. The molecule has 0 saturated heterocycles. The maximum Gasteiger partial charge on any atom is 0.213 e. The second-order valence-corrected chi connectivity index (χ2v) is 8.88. The topological polar surface area (TPSA) is 80.3 Å². The van der Waals surface area contributed by atoms with E-state index in [-0.39, 0.29) is 5.75 Å². The Hall–Kier alpha value is 0.150. The summed E-state index contributed by atoms with van der Waals surface area (Å²) in [5, 5.41) is 0. The molecular weight excluding hydrogens is 286 g/mol. The summed E-state index contributed by atoms with van der Waals surface area (Å²) in [6.45, 7) is 3.61. The van der Waals surface area contributed by atoms with Crippen molar-refractivity contribution in [1.82, 2.24) is 4.72 Å². The number of hydrogen-bond donors (Lipinski definition) is 1. The van der Waals surface area contributed by atoms with Crippen LogP contribution in [0.4, 0.5) is 0 Å². The van der Waals surface area contributed by atoms with Gasteiger partial charge in [0.2, 0.25) is 10.0 Å². The maximum absolute atomic E-state index is 11.7. The minimum absolute atomic E-state index is 0.346. The first-order chi connectivity index (χ1) is 7.54. The highest BCUT2D eigenvalue weighted by atomic mass is 35.5. The molecule has 0 rings (SSSR count). The van der Waals surface area contributed by atoms with Crippen molar-refractivity contribution in [2.75, 3.05) is 23.6 Å². The van der Waals surface area contributed by atoms with Crippen LogP contribution in [-0.4, -0.2) is 46.0 Å². The molecule has 0 aromatic heterocycles. The molecule has 17 heavy (non-hydrogen) atoms. The van der Waals surface area contributed by atoms with Crippen LogP contribution in [0.15, 0.2) is 0 Å². The first-order valence-corrected chi connectivity index (χ1v) is 9.54. The van der Waals surface area contributed by atoms with E-state index >= 15 is 0 Å². The Morgan fingerprint density at radius 1 is 1.18 bits per heavy atom. The van der Waals surface area contributed by atoms with Crippen molar-refractivity contribution >= 4 is 31.5 Å². The Labute approximate surface area is 109 Å². The lowest BCUT2D eigenvalue weighted by molar-refractivity contribution is 0.391. The molecule has 8 heteroatoms. The zero-order chi connectivity index (χ0) is 13.7. The molecular formula is C9H20ClNO4S2. The molecule has 0 fully saturated rings. The van der Waals surface area contributed by atoms with Crippen LogP contribution in [0.2, 0.25) is 0 Å². The van der Waals surface area contributed by atoms with Gasteiger partial charge in [0.1, 0.15) is 9.84 Å². The summed E-state index contributed by atoms with van der Waals surface area (Å²) in [4.78, 5) is 0. The van der Waals surface area contributed by atoms with Crippen LogP contribution in [0.5, 0.6) is 0 Å². The summed E-state index contributed by atoms with van der Waals surface area (Å²) < 4.78 is 47.8. The van der Waals surface area contributed by atoms with Crippen molar-refractivity contribution in [3.63, 3.8) is 0 Å². The third kappa shape index (κ3) is 7.96. The molecule has 0 radical (unpaired) electrons. The number of hydrogen-bond acceptors (Lipinski definition) is 4. The molecule has 0 spiro atoms. The molecule has 0 aromatic rings. The smallest absolute Gasteiger partial charge is 0.213 e. The van der Waals surface area contributed by atoms with Crippen LogP contribution in [0, 0.1) is 0 Å². The lowest BCUT2D eigenvalue weighted by Gasteiger charge is -2.28. The predicted octanol–water partition coefficient (Wildman–Crippen LogP) is 0.748. The van der Waals surface area contributed by atoms with Gasteiger partial charge in [-0.3, -0.25) is 0 Å². The minimum atomic E-state index is -3.59. The molecule has 1 unspecified atom stereocenters. The van der Waals surface area contributed by atoms with Crippen molar-refractivity contribution in [2.45, 2.75) is 32.2 Å². The first-order valence-electron chi connectivity index (χ1n) is 5.29. The van der Waals surface area contributed by atoms with Crippen molar-refractivity contribution in [2.24, 2.45) is 0 Å². The van der Waals surface area contributed by atoms with Crippen LogP contribution in [0.1, 0.15) is 26.7 Å². The predicted molar refractivity (Wildman–Crippen MR) is 70.7 cm³/mol. The van der Waals surface area contributed by atoms with E-state index in [1.165, 1.54) is 0 Å². The third-order valence-electron chi connectivity index (χ3n) is 2.55. The number of nitrogens with one attached hydrogen (secondary N) is 1. The second-order valence-electron chi connectivity index (χ2n) is 4.40. The lowest BCUT2D eigenvalue weighted by Crippen LogP contribution is -2.47. The number of rotatable bonds is 8. The van der Waals surface area contributed by atoms with Gasteiger partial charge < -0.3 is 0 Å². The Bertz CT molecular complexity index is 432. The molecule has 0 saturated carbocycles. The third-order valence-corrected chi connectivity index (χ3v) is 5.49. The van der Waals surface area contributed by atoms with Crippen LogP contribution >= 0.6 is 11.6 Å². The molecule has 104 valence electrons. The quantitative estimate of drug-likeness (QED) is 0.671. The van der Waals surface area contributed by atoms with Crippen molar-refractivity contribution in [3.8, 4) is 0 Å². The molecule has 0 aromatic carbocycles. The van der Waals surface area contributed by atoms with E-state index in [0.717, 1.165) is 6.26 Å². The number of sulfonamides is 1. The van der Waals surface area contributed by atoms with Gasteiger partial charge in [-0.15, -0.1) is 11.6 Å². The fraction of sp³-hybridized carbons (Fsp3) is 1.00. The summed E-state index contributed by atoms with van der Waals surface area (Å²) in [5.74, 6) is -0.439. The molecule has 1 atom stereocenters. The highest BCUT2D eigenvalue weighted by Gasteiger charge is 2.27. The molecule has 0 aliphatic carbocycles. The maximum atomic E-state index is 11.7. The normalized spacial score (nSPS) is 16.7. The molecule has 0 aliphatic heterocycles. The van der Waals surface area contributed by atoms with Gasteiger partial charge in [-0.1, -0.05) is 6.92 Å². The van der Waals surface area contributed by atoms with Crippen LogP contribution in [0.3, 0.4) is 0 Å². The summed E-state index contributed by atoms with van der Waals surface area (Å²) in [6, 6.07) is 0. The van der Waals surface area contributed by atoms with Gasteiger partial charge in [0, 0.05) is 17.7 Å². The average Bonchev–Trinajstić information content (AvgIpc) is 2.14. The zero-order valence-electron chi connectivity index (χ0n) is 10.4. The van der Waals surface area contributed by atoms with E-state index in [0.29, 0.717) is 18.7 Å². The summed E-state index contributed by atoms with van der Waals surface area (Å²) >= 11 is 5.61. The number of sulfone groups is 1. The average molecular weight is 306 g/mol. The van der Waals surface area contributed by atoms with Crippen molar-refractivity contribution in [1.29, 1.82) is 0 Å². The Morgan fingerprint density at radius 2 is 1.71 bits per heavy atom. The zero-order valence-corrected chi connectivity index (χ0v) is 12.8. The van der Waals surface area contributed by atoms with E-state index in [4.69, 9.17) is 11.6 Å². The largest absolute Gasteiger partial charge is 0.229 e. The van der Waals surface area contributed by atoms with E-state index in [1.54, 1.807) is 6.92 Å². The first kappa shape index (κ1) is 17.2. The summed E-state index contributed by atoms with van der Waals surface area (Å²) in [5.41, 5.74) is -0.613. The van der Waals surface area contributed by atoms with Crippen LogP contribution < -0.4 is 4.72 Å². The van der Waals surface area contributed by atoms with E-state index < -0.39 is 31.2 Å². The van der Waals surface area contributed by atoms with Gasteiger partial charge in [-0.05, 0) is 19.8 Å². The number of halogens is 1. The van der Waals surface area contributed by atoms with Gasteiger partial charge in [-0.2, -0.15) is 0 Å². The monoisotopic (exact) mass is 305 g/mol. The van der Waals surface area contributed by atoms with Gasteiger partial charge >= 0.3 is 0 Å². The molecule has 5 nitrogen and oxygen atoms in total. The Balaban J connectivity index is 4.63. The van der Waals surface area contributed by atoms with Gasteiger partial charge in [-0.25, -0.2) is 21.6 Å². The van der Waals surface area contributed by atoms with E-state index in [1.807, 2.05) is 6.92 Å². The van der Waals surface area contributed by atoms with Crippen molar-refractivity contribution < 1.29 is 16.8 Å². The van der Waals surface area contributed by atoms with Crippen LogP contribution in [0.25, 0.3) is 0 Å². The van der Waals surface area contributed by atoms with E-state index in [9.17, 15) is 16.8 Å². The summed E-state index contributed by atoms with van der Waals surface area (Å²) in [6.07, 6.45) is 2.11. The van der Waals surface area contributed by atoms with E-state index in [2.05, 4.69) is 4.72 Å². The molecule has 0 aliphatic rings. The Morgan fingerprint density at radius 3 is 2.06 bits per heavy atom. The SMILES string of the molecule is CCC(C)(CCCl)NS(=O)(=O)CCS(C)(=O)=O. The molecule has 1 N–H and O–H groups in total. The summed E-state index contributed by atoms with van der Waals surface area (Å²) in [7, 11) is -6.87. The molecule has 0 heterocycles. The standard InChI is InChI=1S/C9H20ClNO4S2/c1-4-9(2,5-6-10)11-17(14,15)8-7-16(3,12)13/h11H,4-8H2,1-3H3. The van der Waals surface area contributed by atoms with Crippen molar-refractivity contribution in [3.05, 3.63) is 0 Å². The number of alkyl halides is 1. The highest BCUT2D eigenvalue weighted by Crippen LogP contribution is 2.16. The molecule has 0 bridgehead atoms. The van der Waals surface area contributed by atoms with Gasteiger partial charge in [0.05, 0.1) is 11.5 Å². The molecule has 0 amide bonds. The Kier molecular flexibility index (Phi) is 6.41.